The molecule has 0 aliphatic rings. The van der Waals surface area contributed by atoms with Crippen LogP contribution in [0.4, 0.5) is 4.39 Å². The first kappa shape index (κ1) is 10.7. The van der Waals surface area contributed by atoms with Crippen LogP contribution in [0, 0.1) is 5.82 Å². The largest absolute Gasteiger partial charge is 0.486 e. The van der Waals surface area contributed by atoms with E-state index in [1.54, 1.807) is 0 Å². The van der Waals surface area contributed by atoms with Crippen molar-refractivity contribution < 1.29 is 13.9 Å². The smallest absolute Gasteiger partial charge is 0.170 e. The van der Waals surface area contributed by atoms with Gasteiger partial charge in [-0.2, -0.15) is 0 Å². The van der Waals surface area contributed by atoms with Gasteiger partial charge in [-0.3, -0.25) is 4.79 Å². The van der Waals surface area contributed by atoms with Gasteiger partial charge in [0.05, 0.1) is 0 Å². The molecule has 0 spiro atoms. The zero-order valence-corrected chi connectivity index (χ0v) is 8.13. The van der Waals surface area contributed by atoms with Gasteiger partial charge in [-0.15, -0.1) is 0 Å². The van der Waals surface area contributed by atoms with E-state index < -0.39 is 0 Å². The molecule has 1 aromatic carbocycles. The number of rotatable bonds is 5. The summed E-state index contributed by atoms with van der Waals surface area (Å²) in [4.78, 5) is 11.1. The first-order valence-corrected chi connectivity index (χ1v) is 4.62. The number of hydrogen-bond donors (Lipinski definition) is 0. The summed E-state index contributed by atoms with van der Waals surface area (Å²) in [5, 5.41) is 0. The van der Waals surface area contributed by atoms with Crippen LogP contribution in [0.5, 0.6) is 5.75 Å². The predicted octanol–water partition coefficient (Wildman–Crippen LogP) is 2.57. The normalized spacial score (nSPS) is 9.86. The lowest BCUT2D eigenvalue weighted by atomic mass is 10.2. The molecule has 0 saturated heterocycles. The highest BCUT2D eigenvalue weighted by atomic mass is 19.1. The van der Waals surface area contributed by atoms with Crippen LogP contribution >= 0.6 is 0 Å². The van der Waals surface area contributed by atoms with Gasteiger partial charge in [0, 0.05) is 6.42 Å². The first-order valence-electron chi connectivity index (χ1n) is 4.62. The van der Waals surface area contributed by atoms with Gasteiger partial charge < -0.3 is 4.74 Å². The summed E-state index contributed by atoms with van der Waals surface area (Å²) in [6.07, 6.45) is 1.35. The molecule has 0 N–H and O–H groups in total. The summed E-state index contributed by atoms with van der Waals surface area (Å²) in [5.74, 6) is 0.282. The minimum absolute atomic E-state index is 0.0665. The molecule has 0 heterocycles. The summed E-state index contributed by atoms with van der Waals surface area (Å²) in [6, 6.07) is 5.63. The maximum Gasteiger partial charge on any atom is 0.170 e. The van der Waals surface area contributed by atoms with Gasteiger partial charge in [-0.05, 0) is 30.7 Å². The summed E-state index contributed by atoms with van der Waals surface area (Å²) >= 11 is 0. The molecular formula is C11H13FO2. The van der Waals surface area contributed by atoms with Crippen molar-refractivity contribution in [1.29, 1.82) is 0 Å². The average molecular weight is 196 g/mol. The summed E-state index contributed by atoms with van der Waals surface area (Å²) in [7, 11) is 0. The van der Waals surface area contributed by atoms with E-state index >= 15 is 0 Å². The molecule has 2 nitrogen and oxygen atoms in total. The number of ketones is 1. The number of Topliss-reactive ketones (excluding diaryl/α,β-unsaturated/α-hetero) is 1. The maximum atomic E-state index is 12.5. The second-order valence-electron chi connectivity index (χ2n) is 3.03. The van der Waals surface area contributed by atoms with E-state index in [0.29, 0.717) is 12.2 Å². The van der Waals surface area contributed by atoms with Gasteiger partial charge >= 0.3 is 0 Å². The van der Waals surface area contributed by atoms with Crippen LogP contribution in [-0.4, -0.2) is 12.4 Å². The van der Waals surface area contributed by atoms with E-state index in [9.17, 15) is 9.18 Å². The molecule has 3 heteroatoms. The number of carbonyl (C=O) groups excluding carboxylic acids is 1. The Balaban J connectivity index is 2.38. The van der Waals surface area contributed by atoms with Crippen molar-refractivity contribution in [3.63, 3.8) is 0 Å². The van der Waals surface area contributed by atoms with E-state index in [2.05, 4.69) is 0 Å². The molecule has 1 aromatic rings. The number of ether oxygens (including phenoxy) is 1. The Bertz CT molecular complexity index is 293. The number of hydrogen-bond acceptors (Lipinski definition) is 2. The molecule has 0 fully saturated rings. The highest BCUT2D eigenvalue weighted by molar-refractivity contribution is 5.79. The van der Waals surface area contributed by atoms with Crippen LogP contribution in [0.3, 0.4) is 0 Å². The van der Waals surface area contributed by atoms with Crippen LogP contribution in [0.1, 0.15) is 19.8 Å². The Morgan fingerprint density at radius 2 is 2.00 bits per heavy atom. The minimum atomic E-state index is -0.308. The van der Waals surface area contributed by atoms with Crippen LogP contribution in [-0.2, 0) is 4.79 Å². The van der Waals surface area contributed by atoms with Gasteiger partial charge in [0.25, 0.3) is 0 Å². The summed E-state index contributed by atoms with van der Waals surface area (Å²) in [6.45, 7) is 2.01. The number of halogens is 1. The molecule has 14 heavy (non-hydrogen) atoms. The fourth-order valence-corrected chi connectivity index (χ4v) is 1.05. The van der Waals surface area contributed by atoms with Gasteiger partial charge in [0.1, 0.15) is 18.2 Å². The fourth-order valence-electron chi connectivity index (χ4n) is 1.05. The molecular weight excluding hydrogens is 183 g/mol. The Morgan fingerprint density at radius 3 is 2.57 bits per heavy atom. The van der Waals surface area contributed by atoms with E-state index in [-0.39, 0.29) is 18.2 Å². The summed E-state index contributed by atoms with van der Waals surface area (Å²) < 4.78 is 17.6. The Labute approximate surface area is 82.7 Å². The van der Waals surface area contributed by atoms with Crippen molar-refractivity contribution in [3.8, 4) is 5.75 Å². The van der Waals surface area contributed by atoms with Crippen molar-refractivity contribution in [2.24, 2.45) is 0 Å². The molecule has 0 aromatic heterocycles. The number of carbonyl (C=O) groups is 1. The molecule has 76 valence electrons. The quantitative estimate of drug-likeness (QED) is 0.723. The second-order valence-corrected chi connectivity index (χ2v) is 3.03. The monoisotopic (exact) mass is 196 g/mol. The standard InChI is InChI=1S/C11H13FO2/c1-2-3-10(13)8-14-11-6-4-9(12)5-7-11/h4-7H,2-3,8H2,1H3. The van der Waals surface area contributed by atoms with Gasteiger partial charge in [-0.1, -0.05) is 6.92 Å². The topological polar surface area (TPSA) is 26.3 Å². The molecule has 0 radical (unpaired) electrons. The van der Waals surface area contributed by atoms with Crippen molar-refractivity contribution in [1.82, 2.24) is 0 Å². The van der Waals surface area contributed by atoms with E-state index in [1.165, 1.54) is 24.3 Å². The van der Waals surface area contributed by atoms with Crippen LogP contribution in [0.2, 0.25) is 0 Å². The third-order valence-electron chi connectivity index (χ3n) is 1.74. The Kier molecular flexibility index (Phi) is 4.11. The number of benzene rings is 1. The summed E-state index contributed by atoms with van der Waals surface area (Å²) in [5.41, 5.74) is 0. The molecule has 0 atom stereocenters. The lowest BCUT2D eigenvalue weighted by molar-refractivity contribution is -0.121. The molecule has 0 aliphatic heterocycles. The zero-order chi connectivity index (χ0) is 10.4. The average Bonchev–Trinajstić information content (AvgIpc) is 2.17. The molecule has 0 aliphatic carbocycles. The van der Waals surface area contributed by atoms with Crippen molar-refractivity contribution >= 4 is 5.78 Å². The van der Waals surface area contributed by atoms with Gasteiger partial charge in [-0.25, -0.2) is 4.39 Å². The third-order valence-corrected chi connectivity index (χ3v) is 1.74. The van der Waals surface area contributed by atoms with E-state index in [4.69, 9.17) is 4.74 Å². The van der Waals surface area contributed by atoms with Gasteiger partial charge in [0.2, 0.25) is 0 Å². The van der Waals surface area contributed by atoms with E-state index in [1.807, 2.05) is 6.92 Å². The second kappa shape index (κ2) is 5.37. The van der Waals surface area contributed by atoms with Crippen molar-refractivity contribution in [2.45, 2.75) is 19.8 Å². The molecule has 0 bridgehead atoms. The maximum absolute atomic E-state index is 12.5. The molecule has 0 unspecified atom stereocenters. The molecule has 1 rings (SSSR count). The first-order chi connectivity index (χ1) is 6.72. The fraction of sp³-hybridized carbons (Fsp3) is 0.364. The lowest BCUT2D eigenvalue weighted by Crippen LogP contribution is -2.10. The third kappa shape index (κ3) is 3.56. The lowest BCUT2D eigenvalue weighted by Gasteiger charge is -2.04. The Morgan fingerprint density at radius 1 is 1.36 bits per heavy atom. The Hall–Kier alpha value is -1.38. The van der Waals surface area contributed by atoms with Gasteiger partial charge in [0.15, 0.2) is 5.78 Å². The molecule has 0 saturated carbocycles. The SMILES string of the molecule is CCCC(=O)COc1ccc(F)cc1. The molecule has 0 amide bonds. The van der Waals surface area contributed by atoms with E-state index in [0.717, 1.165) is 6.42 Å². The zero-order valence-electron chi connectivity index (χ0n) is 8.13. The van der Waals surface area contributed by atoms with Crippen LogP contribution in [0.15, 0.2) is 24.3 Å². The predicted molar refractivity (Wildman–Crippen MR) is 51.8 cm³/mol. The van der Waals surface area contributed by atoms with Crippen molar-refractivity contribution in [2.75, 3.05) is 6.61 Å². The highest BCUT2D eigenvalue weighted by Crippen LogP contribution is 2.10. The highest BCUT2D eigenvalue weighted by Gasteiger charge is 2.01. The minimum Gasteiger partial charge on any atom is -0.486 e. The van der Waals surface area contributed by atoms with Crippen LogP contribution in [0.25, 0.3) is 0 Å². The van der Waals surface area contributed by atoms with Crippen LogP contribution < -0.4 is 4.74 Å². The van der Waals surface area contributed by atoms with Crippen molar-refractivity contribution in [3.05, 3.63) is 30.1 Å².